The van der Waals surface area contributed by atoms with Gasteiger partial charge in [-0.2, -0.15) is 0 Å². The van der Waals surface area contributed by atoms with Gasteiger partial charge in [-0.1, -0.05) is 0 Å². The van der Waals surface area contributed by atoms with E-state index in [9.17, 15) is 0 Å². The number of nitrogens with two attached hydrogens (primary N) is 1. The zero-order valence-corrected chi connectivity index (χ0v) is 9.33. The van der Waals surface area contributed by atoms with Crippen LogP contribution >= 0.6 is 0 Å². The highest BCUT2D eigenvalue weighted by molar-refractivity contribution is 4.71. The molecule has 4 nitrogen and oxygen atoms in total. The molecule has 0 saturated heterocycles. The first-order valence-corrected chi connectivity index (χ1v) is 5.30. The average molecular weight is 204 g/mol. The van der Waals surface area contributed by atoms with Gasteiger partial charge in [0.05, 0.1) is 6.61 Å². The second-order valence-electron chi connectivity index (χ2n) is 3.66. The Balaban J connectivity index is 3.69. The number of aliphatic hydroxyl groups excluding tert-OH is 1. The highest BCUT2D eigenvalue weighted by Gasteiger charge is 2.10. The summed E-state index contributed by atoms with van der Waals surface area (Å²) in [5, 5.41) is 12.2. The number of methoxy groups -OCH3 is 1. The van der Waals surface area contributed by atoms with Crippen molar-refractivity contribution in [2.75, 3.05) is 26.9 Å². The Morgan fingerprint density at radius 1 is 1.43 bits per heavy atom. The molecule has 0 aromatic heterocycles. The lowest BCUT2D eigenvalue weighted by atomic mass is 10.1. The molecule has 2 unspecified atom stereocenters. The number of aliphatic hydroxyl groups is 1. The predicted molar refractivity (Wildman–Crippen MR) is 58.3 cm³/mol. The van der Waals surface area contributed by atoms with E-state index in [1.807, 2.05) is 0 Å². The average Bonchev–Trinajstić information content (AvgIpc) is 2.15. The minimum atomic E-state index is 0.227. The van der Waals surface area contributed by atoms with Crippen LogP contribution in [0.25, 0.3) is 0 Å². The van der Waals surface area contributed by atoms with Gasteiger partial charge in [0.25, 0.3) is 0 Å². The summed E-state index contributed by atoms with van der Waals surface area (Å²) in [5.74, 6) is 0. The van der Waals surface area contributed by atoms with E-state index in [1.54, 1.807) is 7.11 Å². The molecule has 0 amide bonds. The molecule has 0 spiro atoms. The van der Waals surface area contributed by atoms with Gasteiger partial charge in [-0.15, -0.1) is 0 Å². The SMILES string of the molecule is COCC(CCCN)NC(C)CCO. The van der Waals surface area contributed by atoms with Crippen LogP contribution in [0.4, 0.5) is 0 Å². The van der Waals surface area contributed by atoms with Gasteiger partial charge in [0.2, 0.25) is 0 Å². The van der Waals surface area contributed by atoms with Crippen LogP contribution in [0.1, 0.15) is 26.2 Å². The van der Waals surface area contributed by atoms with Crippen LogP contribution in [-0.2, 0) is 4.74 Å². The molecule has 0 aliphatic heterocycles. The minimum Gasteiger partial charge on any atom is -0.396 e. The smallest absolute Gasteiger partial charge is 0.0615 e. The molecule has 14 heavy (non-hydrogen) atoms. The molecule has 0 aliphatic rings. The summed E-state index contributed by atoms with van der Waals surface area (Å²) >= 11 is 0. The molecule has 86 valence electrons. The van der Waals surface area contributed by atoms with Crippen molar-refractivity contribution in [3.8, 4) is 0 Å². The van der Waals surface area contributed by atoms with Gasteiger partial charge in [0, 0.05) is 25.8 Å². The topological polar surface area (TPSA) is 67.5 Å². The molecular weight excluding hydrogens is 180 g/mol. The molecule has 2 atom stereocenters. The first-order chi connectivity index (χ1) is 6.74. The Bertz CT molecular complexity index is 123. The van der Waals surface area contributed by atoms with Gasteiger partial charge < -0.3 is 20.9 Å². The van der Waals surface area contributed by atoms with Crippen molar-refractivity contribution in [3.63, 3.8) is 0 Å². The number of nitrogens with one attached hydrogen (secondary N) is 1. The zero-order chi connectivity index (χ0) is 10.8. The van der Waals surface area contributed by atoms with Crippen LogP contribution in [0.5, 0.6) is 0 Å². The van der Waals surface area contributed by atoms with E-state index in [0.717, 1.165) is 25.8 Å². The second kappa shape index (κ2) is 9.40. The maximum Gasteiger partial charge on any atom is 0.0615 e. The van der Waals surface area contributed by atoms with Crippen LogP contribution in [0, 0.1) is 0 Å². The van der Waals surface area contributed by atoms with Crippen LogP contribution in [0.15, 0.2) is 0 Å². The van der Waals surface area contributed by atoms with E-state index >= 15 is 0 Å². The normalized spacial score (nSPS) is 15.4. The summed E-state index contributed by atoms with van der Waals surface area (Å²) in [6.07, 6.45) is 2.82. The lowest BCUT2D eigenvalue weighted by Gasteiger charge is -2.22. The summed E-state index contributed by atoms with van der Waals surface area (Å²) in [6, 6.07) is 0.683. The monoisotopic (exact) mass is 204 g/mol. The molecule has 0 radical (unpaired) electrons. The summed E-state index contributed by atoms with van der Waals surface area (Å²) in [5.41, 5.74) is 5.45. The van der Waals surface area contributed by atoms with Gasteiger partial charge in [-0.25, -0.2) is 0 Å². The number of rotatable bonds is 9. The summed E-state index contributed by atoms with van der Waals surface area (Å²) < 4.78 is 5.11. The van der Waals surface area contributed by atoms with Crippen molar-refractivity contribution in [3.05, 3.63) is 0 Å². The molecule has 0 fully saturated rings. The lowest BCUT2D eigenvalue weighted by Crippen LogP contribution is -2.40. The summed E-state index contributed by atoms with van der Waals surface area (Å²) in [4.78, 5) is 0. The molecule has 0 saturated carbocycles. The maximum atomic E-state index is 8.76. The van der Waals surface area contributed by atoms with Crippen LogP contribution < -0.4 is 11.1 Å². The Morgan fingerprint density at radius 3 is 2.64 bits per heavy atom. The van der Waals surface area contributed by atoms with E-state index in [-0.39, 0.29) is 6.61 Å². The largest absolute Gasteiger partial charge is 0.396 e. The van der Waals surface area contributed by atoms with Gasteiger partial charge in [-0.3, -0.25) is 0 Å². The molecule has 4 heteroatoms. The Kier molecular flexibility index (Phi) is 9.29. The zero-order valence-electron chi connectivity index (χ0n) is 9.33. The predicted octanol–water partition coefficient (Wildman–Crippen LogP) is 0.101. The maximum absolute atomic E-state index is 8.76. The van der Waals surface area contributed by atoms with Crippen molar-refractivity contribution in [1.82, 2.24) is 5.32 Å². The lowest BCUT2D eigenvalue weighted by molar-refractivity contribution is 0.152. The standard InChI is InChI=1S/C10H24N2O2/c1-9(5-7-13)12-10(8-14-2)4-3-6-11/h9-10,12-13H,3-8,11H2,1-2H3. The van der Waals surface area contributed by atoms with E-state index in [4.69, 9.17) is 15.6 Å². The third kappa shape index (κ3) is 7.26. The minimum absolute atomic E-state index is 0.227. The highest BCUT2D eigenvalue weighted by atomic mass is 16.5. The van der Waals surface area contributed by atoms with E-state index in [0.29, 0.717) is 18.7 Å². The van der Waals surface area contributed by atoms with Crippen molar-refractivity contribution in [1.29, 1.82) is 0 Å². The second-order valence-corrected chi connectivity index (χ2v) is 3.66. The third-order valence-corrected chi connectivity index (χ3v) is 2.21. The first kappa shape index (κ1) is 13.8. The molecular formula is C10H24N2O2. The molecule has 4 N–H and O–H groups in total. The fourth-order valence-corrected chi connectivity index (χ4v) is 1.46. The molecule has 0 aromatic carbocycles. The Hall–Kier alpha value is -0.160. The molecule has 0 rings (SSSR count). The van der Waals surface area contributed by atoms with Gasteiger partial charge in [0.15, 0.2) is 0 Å². The molecule has 0 aromatic rings. The van der Waals surface area contributed by atoms with E-state index in [2.05, 4.69) is 12.2 Å². The first-order valence-electron chi connectivity index (χ1n) is 5.30. The van der Waals surface area contributed by atoms with E-state index in [1.165, 1.54) is 0 Å². The van der Waals surface area contributed by atoms with Crippen LogP contribution in [0.2, 0.25) is 0 Å². The van der Waals surface area contributed by atoms with Crippen molar-refractivity contribution >= 4 is 0 Å². The van der Waals surface area contributed by atoms with Crippen LogP contribution in [-0.4, -0.2) is 44.1 Å². The Labute approximate surface area is 86.8 Å². The molecule has 0 heterocycles. The number of hydrogen-bond donors (Lipinski definition) is 3. The third-order valence-electron chi connectivity index (χ3n) is 2.21. The summed E-state index contributed by atoms with van der Waals surface area (Å²) in [7, 11) is 1.70. The summed E-state index contributed by atoms with van der Waals surface area (Å²) in [6.45, 7) is 3.72. The van der Waals surface area contributed by atoms with Crippen molar-refractivity contribution in [2.24, 2.45) is 5.73 Å². The van der Waals surface area contributed by atoms with Gasteiger partial charge in [0.1, 0.15) is 0 Å². The fraction of sp³-hybridized carbons (Fsp3) is 1.00. The molecule has 0 bridgehead atoms. The fourth-order valence-electron chi connectivity index (χ4n) is 1.46. The number of hydrogen-bond acceptors (Lipinski definition) is 4. The highest BCUT2D eigenvalue weighted by Crippen LogP contribution is 2.00. The van der Waals surface area contributed by atoms with Crippen LogP contribution in [0.3, 0.4) is 0 Å². The van der Waals surface area contributed by atoms with E-state index < -0.39 is 0 Å². The van der Waals surface area contributed by atoms with Crippen molar-refractivity contribution in [2.45, 2.75) is 38.3 Å². The quantitative estimate of drug-likeness (QED) is 0.498. The van der Waals surface area contributed by atoms with Gasteiger partial charge in [-0.05, 0) is 32.7 Å². The Morgan fingerprint density at radius 2 is 2.14 bits per heavy atom. The van der Waals surface area contributed by atoms with Gasteiger partial charge >= 0.3 is 0 Å². The van der Waals surface area contributed by atoms with Crippen molar-refractivity contribution < 1.29 is 9.84 Å². The number of ether oxygens (including phenoxy) is 1. The molecule has 0 aliphatic carbocycles.